The monoisotopic (exact) mass is 274 g/mol. The zero-order valence-electron chi connectivity index (χ0n) is 9.71. The maximum absolute atomic E-state index is 11.9. The number of rotatable bonds is 6. The zero-order chi connectivity index (χ0) is 13.8. The Labute approximate surface area is 105 Å². The minimum absolute atomic E-state index is 0.0483. The van der Waals surface area contributed by atoms with E-state index < -0.39 is 16.0 Å². The van der Waals surface area contributed by atoms with Crippen molar-refractivity contribution in [2.45, 2.75) is 4.90 Å². The van der Waals surface area contributed by atoms with Crippen LogP contribution < -0.4 is 10.5 Å². The summed E-state index contributed by atoms with van der Waals surface area (Å²) in [6.45, 7) is 0.233. The van der Waals surface area contributed by atoms with E-state index in [2.05, 4.69) is 4.72 Å². The lowest BCUT2D eigenvalue weighted by Gasteiger charge is -2.09. The molecular formula is C10H14N2O5S. The highest BCUT2D eigenvalue weighted by Crippen LogP contribution is 2.19. The third kappa shape index (κ3) is 3.42. The molecule has 1 rings (SSSR count). The van der Waals surface area contributed by atoms with Gasteiger partial charge < -0.3 is 15.6 Å². The first-order valence-electron chi connectivity index (χ1n) is 5.00. The summed E-state index contributed by atoms with van der Waals surface area (Å²) in [5, 5.41) is 8.93. The highest BCUT2D eigenvalue weighted by atomic mass is 32.2. The molecule has 0 aliphatic heterocycles. The van der Waals surface area contributed by atoms with Crippen LogP contribution in [0.15, 0.2) is 23.1 Å². The van der Waals surface area contributed by atoms with Crippen molar-refractivity contribution < 1.29 is 23.1 Å². The number of hydrogen-bond acceptors (Lipinski definition) is 5. The SMILES string of the molecule is COCCNS(=O)(=O)c1cc(N)ccc1C(=O)O. The lowest BCUT2D eigenvalue weighted by atomic mass is 10.2. The first-order valence-corrected chi connectivity index (χ1v) is 6.48. The second-order valence-corrected chi connectivity index (χ2v) is 5.19. The summed E-state index contributed by atoms with van der Waals surface area (Å²) in [4.78, 5) is 10.6. The number of ether oxygens (including phenoxy) is 1. The third-order valence-electron chi connectivity index (χ3n) is 2.12. The van der Waals surface area contributed by atoms with E-state index in [1.165, 1.54) is 13.2 Å². The number of nitrogen functional groups attached to an aromatic ring is 1. The van der Waals surface area contributed by atoms with Gasteiger partial charge in [0.1, 0.15) is 0 Å². The fourth-order valence-corrected chi connectivity index (χ4v) is 2.54. The molecule has 0 bridgehead atoms. The number of nitrogens with two attached hydrogens (primary N) is 1. The molecule has 1 aromatic carbocycles. The summed E-state index contributed by atoms with van der Waals surface area (Å²) >= 11 is 0. The van der Waals surface area contributed by atoms with Crippen molar-refractivity contribution in [1.29, 1.82) is 0 Å². The summed E-state index contributed by atoms with van der Waals surface area (Å²) < 4.78 is 30.7. The number of sulfonamides is 1. The number of aromatic carboxylic acids is 1. The van der Waals surface area contributed by atoms with Crippen molar-refractivity contribution in [3.63, 3.8) is 0 Å². The standard InChI is InChI=1S/C10H14N2O5S/c1-17-5-4-12-18(15,16)9-6-7(11)2-3-8(9)10(13)14/h2-3,6,12H,4-5,11H2,1H3,(H,13,14). The van der Waals surface area contributed by atoms with Gasteiger partial charge in [-0.05, 0) is 18.2 Å². The van der Waals surface area contributed by atoms with Crippen LogP contribution in [0.25, 0.3) is 0 Å². The second-order valence-electron chi connectivity index (χ2n) is 3.45. The first-order chi connectivity index (χ1) is 8.38. The highest BCUT2D eigenvalue weighted by molar-refractivity contribution is 7.89. The van der Waals surface area contributed by atoms with E-state index in [1.54, 1.807) is 0 Å². The van der Waals surface area contributed by atoms with Gasteiger partial charge in [-0.2, -0.15) is 0 Å². The van der Waals surface area contributed by atoms with Crippen LogP contribution in [-0.4, -0.2) is 39.8 Å². The maximum atomic E-state index is 11.9. The highest BCUT2D eigenvalue weighted by Gasteiger charge is 2.22. The average Bonchev–Trinajstić information content (AvgIpc) is 2.28. The van der Waals surface area contributed by atoms with Crippen LogP contribution in [0.3, 0.4) is 0 Å². The van der Waals surface area contributed by atoms with Gasteiger partial charge in [-0.3, -0.25) is 0 Å². The molecule has 7 nitrogen and oxygen atoms in total. The van der Waals surface area contributed by atoms with Crippen molar-refractivity contribution in [3.8, 4) is 0 Å². The lowest BCUT2D eigenvalue weighted by Crippen LogP contribution is -2.28. The van der Waals surface area contributed by atoms with Crippen LogP contribution in [0.4, 0.5) is 5.69 Å². The number of hydrogen-bond donors (Lipinski definition) is 3. The number of anilines is 1. The van der Waals surface area contributed by atoms with Crippen molar-refractivity contribution in [2.75, 3.05) is 26.0 Å². The Bertz CT molecular complexity index is 541. The Hall–Kier alpha value is -1.64. The molecule has 0 aliphatic carbocycles. The van der Waals surface area contributed by atoms with E-state index in [4.69, 9.17) is 15.6 Å². The quantitative estimate of drug-likeness (QED) is 0.492. The normalized spacial score (nSPS) is 11.4. The fraction of sp³-hybridized carbons (Fsp3) is 0.300. The fourth-order valence-electron chi connectivity index (χ4n) is 1.29. The van der Waals surface area contributed by atoms with Crippen LogP contribution in [0, 0.1) is 0 Å². The second kappa shape index (κ2) is 5.80. The largest absolute Gasteiger partial charge is 0.478 e. The molecule has 0 spiro atoms. The van der Waals surface area contributed by atoms with Gasteiger partial charge in [0.2, 0.25) is 10.0 Å². The molecule has 8 heteroatoms. The van der Waals surface area contributed by atoms with Crippen LogP contribution in [0.2, 0.25) is 0 Å². The summed E-state index contributed by atoms with van der Waals surface area (Å²) in [6.07, 6.45) is 0. The van der Waals surface area contributed by atoms with E-state index in [-0.39, 0.29) is 29.3 Å². The van der Waals surface area contributed by atoms with Crippen LogP contribution in [0.1, 0.15) is 10.4 Å². The van der Waals surface area contributed by atoms with Gasteiger partial charge in [-0.1, -0.05) is 0 Å². The van der Waals surface area contributed by atoms with Gasteiger partial charge in [0, 0.05) is 19.3 Å². The molecule has 0 saturated carbocycles. The van der Waals surface area contributed by atoms with E-state index in [0.717, 1.165) is 12.1 Å². The molecule has 18 heavy (non-hydrogen) atoms. The van der Waals surface area contributed by atoms with Crippen molar-refractivity contribution in [2.24, 2.45) is 0 Å². The Balaban J connectivity index is 3.14. The summed E-state index contributed by atoms with van der Waals surface area (Å²) in [5.74, 6) is -1.33. The molecule has 0 amide bonds. The summed E-state index contributed by atoms with van der Waals surface area (Å²) in [5.41, 5.74) is 5.32. The van der Waals surface area contributed by atoms with Gasteiger partial charge in [-0.25, -0.2) is 17.9 Å². The number of carbonyl (C=O) groups is 1. The van der Waals surface area contributed by atoms with Crippen LogP contribution in [-0.2, 0) is 14.8 Å². The minimum Gasteiger partial charge on any atom is -0.478 e. The van der Waals surface area contributed by atoms with Crippen molar-refractivity contribution in [3.05, 3.63) is 23.8 Å². The van der Waals surface area contributed by atoms with Crippen molar-refractivity contribution >= 4 is 21.7 Å². The Morgan fingerprint density at radius 2 is 2.17 bits per heavy atom. The molecule has 0 unspecified atom stereocenters. The maximum Gasteiger partial charge on any atom is 0.337 e. The van der Waals surface area contributed by atoms with Gasteiger partial charge in [-0.15, -0.1) is 0 Å². The number of methoxy groups -OCH3 is 1. The van der Waals surface area contributed by atoms with E-state index in [0.29, 0.717) is 0 Å². The van der Waals surface area contributed by atoms with Gasteiger partial charge in [0.15, 0.2) is 0 Å². The molecule has 1 aromatic rings. The molecule has 0 aromatic heterocycles. The lowest BCUT2D eigenvalue weighted by molar-refractivity contribution is 0.0692. The van der Waals surface area contributed by atoms with Crippen LogP contribution >= 0.6 is 0 Å². The first kappa shape index (κ1) is 14.4. The molecule has 0 radical (unpaired) electrons. The number of nitrogens with one attached hydrogen (secondary N) is 1. The van der Waals surface area contributed by atoms with Gasteiger partial charge in [0.25, 0.3) is 0 Å². The molecule has 4 N–H and O–H groups in total. The summed E-state index contributed by atoms with van der Waals surface area (Å²) in [6, 6.07) is 3.60. The third-order valence-corrected chi connectivity index (χ3v) is 3.62. The minimum atomic E-state index is -3.92. The number of benzene rings is 1. The molecule has 0 saturated heterocycles. The topological polar surface area (TPSA) is 119 Å². The van der Waals surface area contributed by atoms with Crippen LogP contribution in [0.5, 0.6) is 0 Å². The van der Waals surface area contributed by atoms with E-state index in [9.17, 15) is 13.2 Å². The molecule has 0 atom stereocenters. The van der Waals surface area contributed by atoms with Crippen molar-refractivity contribution in [1.82, 2.24) is 4.72 Å². The van der Waals surface area contributed by atoms with Gasteiger partial charge in [0.05, 0.1) is 17.1 Å². The number of carboxylic acids is 1. The predicted molar refractivity (Wildman–Crippen MR) is 64.9 cm³/mol. The molecular weight excluding hydrogens is 260 g/mol. The smallest absolute Gasteiger partial charge is 0.337 e. The molecule has 0 aliphatic rings. The molecule has 100 valence electrons. The van der Waals surface area contributed by atoms with E-state index in [1.807, 2.05) is 0 Å². The molecule has 0 heterocycles. The Kier molecular flexibility index (Phi) is 4.65. The van der Waals surface area contributed by atoms with Gasteiger partial charge >= 0.3 is 5.97 Å². The van der Waals surface area contributed by atoms with E-state index >= 15 is 0 Å². The Morgan fingerprint density at radius 3 is 2.72 bits per heavy atom. The Morgan fingerprint density at radius 1 is 1.50 bits per heavy atom. The zero-order valence-corrected chi connectivity index (χ0v) is 10.5. The molecule has 0 fully saturated rings. The number of carboxylic acid groups (broad SMARTS) is 1. The summed E-state index contributed by atoms with van der Waals surface area (Å²) in [7, 11) is -2.49. The average molecular weight is 274 g/mol. The predicted octanol–water partition coefficient (Wildman–Crippen LogP) is -0.108.